The van der Waals surface area contributed by atoms with Crippen LogP contribution in [-0.2, 0) is 0 Å². The second-order valence-electron chi connectivity index (χ2n) is 4.90. The maximum absolute atomic E-state index is 5.77. The van der Waals surface area contributed by atoms with Crippen molar-refractivity contribution in [3.63, 3.8) is 0 Å². The molecule has 17 heavy (non-hydrogen) atoms. The van der Waals surface area contributed by atoms with E-state index < -0.39 is 0 Å². The molecule has 0 bridgehead atoms. The summed E-state index contributed by atoms with van der Waals surface area (Å²) in [5, 5.41) is 3.32. The van der Waals surface area contributed by atoms with Crippen LogP contribution in [0.3, 0.4) is 0 Å². The average Bonchev–Trinajstić information content (AvgIpc) is 2.31. The molecule has 0 aliphatic heterocycles. The van der Waals surface area contributed by atoms with Crippen molar-refractivity contribution in [1.29, 1.82) is 0 Å². The largest absolute Gasteiger partial charge is 0.476 e. The van der Waals surface area contributed by atoms with Crippen LogP contribution in [0.4, 0.5) is 11.5 Å². The molecule has 0 radical (unpaired) electrons. The number of nitrogens with one attached hydrogen (secondary N) is 1. The predicted molar refractivity (Wildman–Crippen MR) is 72.4 cm³/mol. The summed E-state index contributed by atoms with van der Waals surface area (Å²) in [6, 6.07) is 3.70. The second kappa shape index (κ2) is 5.75. The molecule has 3 N–H and O–H groups in total. The van der Waals surface area contributed by atoms with Crippen molar-refractivity contribution in [1.82, 2.24) is 4.98 Å². The highest BCUT2D eigenvalue weighted by Crippen LogP contribution is 2.23. The maximum atomic E-state index is 5.77. The molecule has 0 amide bonds. The van der Waals surface area contributed by atoms with E-state index >= 15 is 0 Å². The third-order valence-corrected chi connectivity index (χ3v) is 2.88. The molecule has 0 saturated heterocycles. The molecule has 0 aromatic carbocycles. The Hall–Kier alpha value is -1.45. The number of nitrogens with zero attached hydrogens (tertiary/aromatic N) is 1. The van der Waals surface area contributed by atoms with Gasteiger partial charge < -0.3 is 15.8 Å². The highest BCUT2D eigenvalue weighted by Gasteiger charge is 2.15. The van der Waals surface area contributed by atoms with Gasteiger partial charge in [0.25, 0.3) is 0 Å². The van der Waals surface area contributed by atoms with E-state index in [0.717, 1.165) is 18.8 Å². The molecule has 1 rings (SSSR count). The fraction of sp³-hybridized carbons (Fsp3) is 0.615. The summed E-state index contributed by atoms with van der Waals surface area (Å²) in [4.78, 5) is 4.34. The Kier molecular flexibility index (Phi) is 4.61. The van der Waals surface area contributed by atoms with Gasteiger partial charge >= 0.3 is 0 Å². The molecule has 4 heteroatoms. The van der Waals surface area contributed by atoms with Crippen LogP contribution in [0.5, 0.6) is 5.88 Å². The zero-order chi connectivity index (χ0) is 12.9. The molecule has 0 unspecified atom stereocenters. The first-order valence-corrected chi connectivity index (χ1v) is 6.11. The summed E-state index contributed by atoms with van der Waals surface area (Å²) >= 11 is 0. The van der Waals surface area contributed by atoms with Gasteiger partial charge in [0, 0.05) is 6.54 Å². The lowest BCUT2D eigenvalue weighted by molar-refractivity contribution is 0.329. The minimum atomic E-state index is 0.259. The van der Waals surface area contributed by atoms with Crippen LogP contribution in [0.2, 0.25) is 0 Å². The third-order valence-electron chi connectivity index (χ3n) is 2.88. The van der Waals surface area contributed by atoms with Gasteiger partial charge in [-0.05, 0) is 30.9 Å². The minimum Gasteiger partial charge on any atom is -0.476 e. The van der Waals surface area contributed by atoms with Gasteiger partial charge in [-0.2, -0.15) is 4.98 Å². The Morgan fingerprint density at radius 2 is 2.06 bits per heavy atom. The molecule has 1 aromatic heterocycles. The van der Waals surface area contributed by atoms with Gasteiger partial charge in [-0.3, -0.25) is 0 Å². The van der Waals surface area contributed by atoms with Gasteiger partial charge in [0.2, 0.25) is 5.88 Å². The van der Waals surface area contributed by atoms with Crippen LogP contribution in [0.15, 0.2) is 12.1 Å². The van der Waals surface area contributed by atoms with Gasteiger partial charge in [-0.1, -0.05) is 20.8 Å². The van der Waals surface area contributed by atoms with Crippen LogP contribution in [0.1, 0.15) is 34.1 Å². The topological polar surface area (TPSA) is 60.2 Å². The van der Waals surface area contributed by atoms with Crippen molar-refractivity contribution in [2.24, 2.45) is 5.41 Å². The van der Waals surface area contributed by atoms with Gasteiger partial charge in [-0.25, -0.2) is 0 Å². The molecular formula is C13H23N3O. The summed E-state index contributed by atoms with van der Waals surface area (Å²) in [5.74, 6) is 1.32. The molecule has 0 atom stereocenters. The van der Waals surface area contributed by atoms with Crippen molar-refractivity contribution >= 4 is 11.5 Å². The standard InChI is InChI=1S/C13H23N3O/c1-5-13(3,4)9-15-11-8-7-10(14)12(16-11)17-6-2/h7-8H,5-6,9,14H2,1-4H3,(H,15,16). The maximum Gasteiger partial charge on any atom is 0.239 e. The summed E-state index contributed by atoms with van der Waals surface area (Å²) in [6.45, 7) is 10.00. The fourth-order valence-corrected chi connectivity index (χ4v) is 1.26. The van der Waals surface area contributed by atoms with Gasteiger partial charge in [0.05, 0.1) is 12.3 Å². The Labute approximate surface area is 104 Å². The van der Waals surface area contributed by atoms with Crippen LogP contribution >= 0.6 is 0 Å². The number of hydrogen-bond donors (Lipinski definition) is 2. The molecule has 1 aromatic rings. The van der Waals surface area contributed by atoms with Crippen molar-refractivity contribution < 1.29 is 4.74 Å². The number of nitrogen functional groups attached to an aromatic ring is 1. The van der Waals surface area contributed by atoms with Gasteiger partial charge in [0.1, 0.15) is 5.82 Å². The van der Waals surface area contributed by atoms with Crippen molar-refractivity contribution in [2.75, 3.05) is 24.2 Å². The van der Waals surface area contributed by atoms with Gasteiger partial charge in [0.15, 0.2) is 0 Å². The summed E-state index contributed by atoms with van der Waals surface area (Å²) < 4.78 is 5.36. The van der Waals surface area contributed by atoms with Crippen LogP contribution in [0.25, 0.3) is 0 Å². The van der Waals surface area contributed by atoms with Crippen LogP contribution in [0, 0.1) is 5.41 Å². The van der Waals surface area contributed by atoms with E-state index in [0.29, 0.717) is 18.2 Å². The number of anilines is 2. The van der Waals surface area contributed by atoms with Crippen LogP contribution < -0.4 is 15.8 Å². The summed E-state index contributed by atoms with van der Waals surface area (Å²) in [7, 11) is 0. The van der Waals surface area contributed by atoms with E-state index in [2.05, 4.69) is 31.1 Å². The molecule has 1 heterocycles. The van der Waals surface area contributed by atoms with E-state index in [9.17, 15) is 0 Å². The third kappa shape index (κ3) is 4.13. The van der Waals surface area contributed by atoms with E-state index in [-0.39, 0.29) is 5.41 Å². The lowest BCUT2D eigenvalue weighted by Crippen LogP contribution is -2.22. The Balaban J connectivity index is 2.69. The lowest BCUT2D eigenvalue weighted by Gasteiger charge is -2.23. The molecular weight excluding hydrogens is 214 g/mol. The molecule has 0 spiro atoms. The molecule has 96 valence electrons. The molecule has 4 nitrogen and oxygen atoms in total. The van der Waals surface area contributed by atoms with Crippen LogP contribution in [-0.4, -0.2) is 18.1 Å². The van der Waals surface area contributed by atoms with Crippen molar-refractivity contribution in [3.05, 3.63) is 12.1 Å². The van der Waals surface area contributed by atoms with E-state index in [1.54, 1.807) is 0 Å². The summed E-state index contributed by atoms with van der Waals surface area (Å²) in [5.41, 5.74) is 6.60. The second-order valence-corrected chi connectivity index (χ2v) is 4.90. The number of ether oxygens (including phenoxy) is 1. The van der Waals surface area contributed by atoms with E-state index in [1.807, 2.05) is 19.1 Å². The zero-order valence-corrected chi connectivity index (χ0v) is 11.2. The number of nitrogens with two attached hydrogens (primary N) is 1. The minimum absolute atomic E-state index is 0.259. The zero-order valence-electron chi connectivity index (χ0n) is 11.2. The Morgan fingerprint density at radius 1 is 1.35 bits per heavy atom. The molecule has 0 saturated carbocycles. The molecule has 0 fully saturated rings. The number of aromatic nitrogens is 1. The lowest BCUT2D eigenvalue weighted by atomic mass is 9.90. The number of rotatable bonds is 6. The molecule has 0 aliphatic rings. The van der Waals surface area contributed by atoms with E-state index in [4.69, 9.17) is 10.5 Å². The first-order valence-electron chi connectivity index (χ1n) is 6.11. The first kappa shape index (κ1) is 13.6. The first-order chi connectivity index (χ1) is 7.98. The normalized spacial score (nSPS) is 11.3. The SMILES string of the molecule is CCOc1nc(NCC(C)(C)CC)ccc1N. The van der Waals surface area contributed by atoms with Crippen molar-refractivity contribution in [3.8, 4) is 5.88 Å². The monoisotopic (exact) mass is 237 g/mol. The smallest absolute Gasteiger partial charge is 0.239 e. The van der Waals surface area contributed by atoms with Crippen molar-refractivity contribution in [2.45, 2.75) is 34.1 Å². The highest BCUT2D eigenvalue weighted by molar-refractivity contribution is 5.53. The Bertz CT molecular complexity index is 364. The highest BCUT2D eigenvalue weighted by atomic mass is 16.5. The van der Waals surface area contributed by atoms with Gasteiger partial charge in [-0.15, -0.1) is 0 Å². The summed E-state index contributed by atoms with van der Waals surface area (Å²) in [6.07, 6.45) is 1.12. The average molecular weight is 237 g/mol. The Morgan fingerprint density at radius 3 is 2.65 bits per heavy atom. The quantitative estimate of drug-likeness (QED) is 0.798. The predicted octanol–water partition coefficient (Wildman–Crippen LogP) is 2.91. The number of hydrogen-bond acceptors (Lipinski definition) is 4. The van der Waals surface area contributed by atoms with E-state index in [1.165, 1.54) is 0 Å². The number of pyridine rings is 1. The molecule has 0 aliphatic carbocycles. The fourth-order valence-electron chi connectivity index (χ4n) is 1.26.